The van der Waals surface area contributed by atoms with Crippen molar-refractivity contribution in [3.05, 3.63) is 35.1 Å². The number of rotatable bonds is 3. The number of piperazine rings is 1. The molecule has 1 heterocycles. The average Bonchev–Trinajstić information content (AvgIpc) is 2.40. The molecule has 9 heteroatoms. The largest absolute Gasteiger partial charge is 0.314 e. The summed E-state index contributed by atoms with van der Waals surface area (Å²) in [5.74, 6) is -4.63. The molecule has 0 aliphatic carbocycles. The molecule has 2 rings (SSSR count). The summed E-state index contributed by atoms with van der Waals surface area (Å²) in [6.45, 7) is 1.59. The minimum Gasteiger partial charge on any atom is -0.314 e. The van der Waals surface area contributed by atoms with Gasteiger partial charge in [-0.25, -0.2) is 22.0 Å². The Balaban J connectivity index is 0.00000200. The third-order valence-electron chi connectivity index (χ3n) is 3.17. The number of alkyl halides is 2. The summed E-state index contributed by atoms with van der Waals surface area (Å²) in [5, 5.41) is 2.98. The van der Waals surface area contributed by atoms with Gasteiger partial charge in [-0.3, -0.25) is 4.90 Å². The second-order valence-electron chi connectivity index (χ2n) is 4.33. The number of hydrogen-bond donors (Lipinski definition) is 1. The normalized spacial score (nSPS) is 17.0. The van der Waals surface area contributed by atoms with E-state index in [0.717, 1.165) is 6.07 Å². The molecule has 21 heavy (non-hydrogen) atoms. The second kappa shape index (κ2) is 8.73. The summed E-state index contributed by atoms with van der Waals surface area (Å²) in [7, 11) is 0. The summed E-state index contributed by atoms with van der Waals surface area (Å²) in [6.07, 6.45) is -2.88. The summed E-state index contributed by atoms with van der Waals surface area (Å²) in [6, 6.07) is -0.00465. The van der Waals surface area contributed by atoms with Crippen LogP contribution in [0.2, 0.25) is 0 Å². The quantitative estimate of drug-likeness (QED) is 0.664. The summed E-state index contributed by atoms with van der Waals surface area (Å²) < 4.78 is 65.9. The van der Waals surface area contributed by atoms with Crippen molar-refractivity contribution in [2.45, 2.75) is 12.5 Å². The lowest BCUT2D eigenvalue weighted by Crippen LogP contribution is -2.47. The van der Waals surface area contributed by atoms with Gasteiger partial charge in [0.05, 0.1) is 6.04 Å². The molecule has 1 aliphatic rings. The predicted octanol–water partition coefficient (Wildman–Crippen LogP) is 3.16. The van der Waals surface area contributed by atoms with Gasteiger partial charge in [0.1, 0.15) is 0 Å². The van der Waals surface area contributed by atoms with Crippen molar-refractivity contribution in [2.24, 2.45) is 0 Å². The van der Waals surface area contributed by atoms with Crippen molar-refractivity contribution in [2.75, 3.05) is 26.2 Å². The van der Waals surface area contributed by atoms with Gasteiger partial charge in [-0.05, 0) is 6.07 Å². The van der Waals surface area contributed by atoms with Gasteiger partial charge >= 0.3 is 0 Å². The molecule has 1 aromatic rings. The summed E-state index contributed by atoms with van der Waals surface area (Å²) >= 11 is 0. The van der Waals surface area contributed by atoms with E-state index in [-0.39, 0.29) is 24.8 Å². The van der Waals surface area contributed by atoms with Crippen LogP contribution in [-0.4, -0.2) is 37.5 Å². The topological polar surface area (TPSA) is 15.3 Å². The fraction of sp³-hybridized carbons (Fsp3) is 0.500. The molecule has 0 aromatic heterocycles. The first-order chi connectivity index (χ1) is 9.02. The highest BCUT2D eigenvalue weighted by molar-refractivity contribution is 5.85. The molecule has 1 atom stereocenters. The first kappa shape index (κ1) is 20.4. The van der Waals surface area contributed by atoms with Gasteiger partial charge in [0.25, 0.3) is 6.43 Å². The third-order valence-corrected chi connectivity index (χ3v) is 3.17. The molecule has 1 saturated heterocycles. The fourth-order valence-electron chi connectivity index (χ4n) is 2.22. The molecular weight excluding hydrogens is 338 g/mol. The van der Waals surface area contributed by atoms with Crippen molar-refractivity contribution in [1.82, 2.24) is 10.2 Å². The van der Waals surface area contributed by atoms with Gasteiger partial charge in [0, 0.05) is 31.7 Å². The highest BCUT2D eigenvalue weighted by atomic mass is 35.5. The first-order valence-corrected chi connectivity index (χ1v) is 5.88. The minimum absolute atomic E-state index is 0. The Morgan fingerprint density at radius 2 is 1.52 bits per heavy atom. The van der Waals surface area contributed by atoms with E-state index in [4.69, 9.17) is 0 Å². The zero-order valence-corrected chi connectivity index (χ0v) is 12.4. The molecule has 1 aliphatic heterocycles. The van der Waals surface area contributed by atoms with E-state index in [9.17, 15) is 22.0 Å². The van der Waals surface area contributed by atoms with Crippen molar-refractivity contribution < 1.29 is 22.0 Å². The van der Waals surface area contributed by atoms with E-state index >= 15 is 0 Å². The minimum atomic E-state index is -2.88. The molecule has 1 aromatic carbocycles. The first-order valence-electron chi connectivity index (χ1n) is 5.88. The van der Waals surface area contributed by atoms with Crippen LogP contribution in [-0.2, 0) is 0 Å². The van der Waals surface area contributed by atoms with Gasteiger partial charge in [0.15, 0.2) is 17.5 Å². The molecule has 0 bridgehead atoms. The number of nitrogens with one attached hydrogen (secondary N) is 1. The molecule has 2 nitrogen and oxygen atoms in total. The Bertz CT molecular complexity index is 456. The summed E-state index contributed by atoms with van der Waals surface area (Å²) in [5.41, 5.74) is -0.504. The molecular formula is C12H15Cl2F5N2. The monoisotopic (exact) mass is 352 g/mol. The number of hydrogen-bond acceptors (Lipinski definition) is 2. The average molecular weight is 353 g/mol. The van der Waals surface area contributed by atoms with Crippen LogP contribution >= 0.6 is 24.8 Å². The Morgan fingerprint density at radius 3 is 2.05 bits per heavy atom. The van der Waals surface area contributed by atoms with Gasteiger partial charge in [-0.2, -0.15) is 0 Å². The maximum atomic E-state index is 13.6. The van der Waals surface area contributed by atoms with Gasteiger partial charge < -0.3 is 5.32 Å². The van der Waals surface area contributed by atoms with Gasteiger partial charge in [0.2, 0.25) is 0 Å². The number of nitrogens with zero attached hydrogens (tertiary/aromatic N) is 1. The van der Waals surface area contributed by atoms with E-state index in [0.29, 0.717) is 32.2 Å². The smallest absolute Gasteiger partial charge is 0.258 e. The van der Waals surface area contributed by atoms with Crippen LogP contribution in [0, 0.1) is 17.5 Å². The second-order valence-corrected chi connectivity index (χ2v) is 4.33. The zero-order chi connectivity index (χ0) is 14.0. The highest BCUT2D eigenvalue weighted by Gasteiger charge is 2.33. The summed E-state index contributed by atoms with van der Waals surface area (Å²) in [4.78, 5) is 1.37. The molecule has 0 unspecified atom stereocenters. The van der Waals surface area contributed by atoms with Crippen LogP contribution in [0.3, 0.4) is 0 Å². The Kier molecular flexibility index (Phi) is 8.46. The van der Waals surface area contributed by atoms with Crippen LogP contribution in [0.4, 0.5) is 22.0 Å². The maximum absolute atomic E-state index is 13.6. The fourth-order valence-corrected chi connectivity index (χ4v) is 2.22. The molecule has 0 spiro atoms. The molecule has 1 fully saturated rings. The number of halogens is 7. The van der Waals surface area contributed by atoms with Crippen LogP contribution in [0.25, 0.3) is 0 Å². The van der Waals surface area contributed by atoms with E-state index in [1.54, 1.807) is 0 Å². The molecule has 0 amide bonds. The van der Waals surface area contributed by atoms with E-state index in [1.807, 2.05) is 0 Å². The molecule has 0 saturated carbocycles. The lowest BCUT2D eigenvalue weighted by atomic mass is 10.0. The molecule has 122 valence electrons. The highest BCUT2D eigenvalue weighted by Crippen LogP contribution is 2.31. The van der Waals surface area contributed by atoms with E-state index in [1.165, 1.54) is 4.90 Å². The predicted molar refractivity (Wildman–Crippen MR) is 74.0 cm³/mol. The lowest BCUT2D eigenvalue weighted by molar-refractivity contribution is 0.0160. The SMILES string of the molecule is Cl.Cl.Fc1ccc([C@@H](C(F)F)N2CCNCC2)c(F)c1F. The lowest BCUT2D eigenvalue weighted by Gasteiger charge is -2.34. The number of benzene rings is 1. The Labute approximate surface area is 131 Å². The van der Waals surface area contributed by atoms with Crippen molar-refractivity contribution in [3.8, 4) is 0 Å². The zero-order valence-electron chi connectivity index (χ0n) is 10.8. The van der Waals surface area contributed by atoms with Gasteiger partial charge in [-0.1, -0.05) is 6.07 Å². The van der Waals surface area contributed by atoms with E-state index < -0.39 is 35.5 Å². The van der Waals surface area contributed by atoms with Gasteiger partial charge in [-0.15, -0.1) is 24.8 Å². The van der Waals surface area contributed by atoms with Crippen molar-refractivity contribution >= 4 is 24.8 Å². The Morgan fingerprint density at radius 1 is 0.952 bits per heavy atom. The van der Waals surface area contributed by atoms with Crippen LogP contribution < -0.4 is 5.32 Å². The standard InChI is InChI=1S/C12H13F5N2.2ClH/c13-8-2-1-7(9(14)10(8)15)11(12(16)17)19-5-3-18-4-6-19;;/h1-2,11-12,18H,3-6H2;2*1H/t11-;;/m0../s1. The van der Waals surface area contributed by atoms with Crippen LogP contribution in [0.5, 0.6) is 0 Å². The Hall–Kier alpha value is -0.630. The molecule has 0 radical (unpaired) electrons. The van der Waals surface area contributed by atoms with Crippen molar-refractivity contribution in [1.29, 1.82) is 0 Å². The van der Waals surface area contributed by atoms with Crippen LogP contribution in [0.1, 0.15) is 11.6 Å². The van der Waals surface area contributed by atoms with Crippen LogP contribution in [0.15, 0.2) is 12.1 Å². The van der Waals surface area contributed by atoms with E-state index in [2.05, 4.69) is 5.32 Å². The van der Waals surface area contributed by atoms with Crippen molar-refractivity contribution in [3.63, 3.8) is 0 Å². The maximum Gasteiger partial charge on any atom is 0.258 e. The third kappa shape index (κ3) is 4.42. The molecule has 1 N–H and O–H groups in total.